The number of alkyl halides is 3. The predicted octanol–water partition coefficient (Wildman–Crippen LogP) is 3.71. The molecule has 2 aliphatic heterocycles. The molecule has 3 amide bonds. The zero-order valence-corrected chi connectivity index (χ0v) is 24.5. The minimum atomic E-state index is -5.57. The zero-order chi connectivity index (χ0) is 30.3. The molecule has 0 radical (unpaired) electrons. The minimum Gasteiger partial charge on any atom is -0.367 e. The van der Waals surface area contributed by atoms with Gasteiger partial charge in [-0.05, 0) is 64.3 Å². The third kappa shape index (κ3) is 5.40. The maximum absolute atomic E-state index is 14.1. The lowest BCUT2D eigenvalue weighted by atomic mass is 10.0. The Kier molecular flexibility index (Phi) is 8.40. The predicted molar refractivity (Wildman–Crippen MR) is 148 cm³/mol. The smallest absolute Gasteiger partial charge is 0.367 e. The van der Waals surface area contributed by atoms with Gasteiger partial charge in [-0.3, -0.25) is 19.6 Å². The summed E-state index contributed by atoms with van der Waals surface area (Å²) in [7, 11) is -3.52. The topological polar surface area (TPSA) is 97.4 Å². The highest BCUT2D eigenvalue weighted by Gasteiger charge is 2.56. The van der Waals surface area contributed by atoms with Crippen molar-refractivity contribution in [2.75, 3.05) is 56.1 Å². The number of hydrogen-bond acceptors (Lipinski definition) is 8. The largest absolute Gasteiger partial charge is 0.501 e. The lowest BCUT2D eigenvalue weighted by Crippen LogP contribution is -2.48. The second kappa shape index (κ2) is 11.2. The number of piperazine rings is 1. The van der Waals surface area contributed by atoms with Gasteiger partial charge in [-0.1, -0.05) is 13.8 Å². The van der Waals surface area contributed by atoms with Gasteiger partial charge in [-0.2, -0.15) is 13.2 Å². The number of carbonyl (C=O) groups excluding carboxylic acids is 2. The number of imide groups is 1. The molecule has 2 aromatic rings. The van der Waals surface area contributed by atoms with Crippen LogP contribution in [0.3, 0.4) is 0 Å². The molecule has 0 aliphatic carbocycles. The summed E-state index contributed by atoms with van der Waals surface area (Å²) in [5, 5.41) is 0. The Morgan fingerprint density at radius 2 is 1.59 bits per heavy atom. The average molecular weight is 597 g/mol. The van der Waals surface area contributed by atoms with Crippen molar-refractivity contribution >= 4 is 33.2 Å². The van der Waals surface area contributed by atoms with Crippen LogP contribution in [0.2, 0.25) is 0 Å². The Morgan fingerprint density at radius 3 is 2.12 bits per heavy atom. The van der Waals surface area contributed by atoms with Gasteiger partial charge >= 0.3 is 11.5 Å². The lowest BCUT2D eigenvalue weighted by molar-refractivity contribution is -0.134. The molecule has 3 heterocycles. The highest BCUT2D eigenvalue weighted by molar-refractivity contribution is 7.92. The highest BCUT2D eigenvalue weighted by atomic mass is 32.2. The van der Waals surface area contributed by atoms with Crippen LogP contribution in [0.4, 0.5) is 29.3 Å². The number of amides is 3. The molecular formula is C27H35F3N6O4S. The van der Waals surface area contributed by atoms with Crippen molar-refractivity contribution in [1.29, 1.82) is 0 Å². The fraction of sp³-hybridized carbons (Fsp3) is 0.519. The molecule has 2 aliphatic rings. The van der Waals surface area contributed by atoms with Crippen molar-refractivity contribution in [1.82, 2.24) is 19.7 Å². The molecule has 0 saturated carbocycles. The SMILES string of the molecule is CCN(CC)C(c1ccncc1N1CCN(C)CC1)N1C(=O)N(c2ccc(S(=O)(=O)C(F)(F)F)cc2)C(C)(C)C1=O. The van der Waals surface area contributed by atoms with Gasteiger partial charge in [-0.15, -0.1) is 0 Å². The van der Waals surface area contributed by atoms with Crippen LogP contribution in [0.5, 0.6) is 0 Å². The molecule has 4 rings (SSSR count). The van der Waals surface area contributed by atoms with Crippen LogP contribution in [0.15, 0.2) is 47.6 Å². The first kappa shape index (κ1) is 30.7. The molecule has 10 nitrogen and oxygen atoms in total. The number of likely N-dealkylation sites (N-methyl/N-ethyl adjacent to an activating group) is 1. The van der Waals surface area contributed by atoms with Crippen LogP contribution < -0.4 is 9.80 Å². The third-order valence-electron chi connectivity index (χ3n) is 7.77. The van der Waals surface area contributed by atoms with E-state index in [4.69, 9.17) is 0 Å². The Balaban J connectivity index is 1.78. The Morgan fingerprint density at radius 1 is 1.00 bits per heavy atom. The Bertz CT molecular complexity index is 1390. The molecule has 224 valence electrons. The van der Waals surface area contributed by atoms with Gasteiger partial charge in [0.15, 0.2) is 0 Å². The monoisotopic (exact) mass is 596 g/mol. The summed E-state index contributed by atoms with van der Waals surface area (Å²) in [6.45, 7) is 11.2. The highest BCUT2D eigenvalue weighted by Crippen LogP contribution is 2.42. The van der Waals surface area contributed by atoms with Crippen LogP contribution in [-0.2, 0) is 14.6 Å². The van der Waals surface area contributed by atoms with E-state index in [0.717, 1.165) is 61.7 Å². The quantitative estimate of drug-likeness (QED) is 0.426. The maximum Gasteiger partial charge on any atom is 0.501 e. The summed E-state index contributed by atoms with van der Waals surface area (Å²) in [5.41, 5.74) is -5.22. The molecule has 0 bridgehead atoms. The van der Waals surface area contributed by atoms with E-state index in [1.165, 1.54) is 9.80 Å². The number of sulfone groups is 1. The van der Waals surface area contributed by atoms with Crippen molar-refractivity contribution in [2.24, 2.45) is 0 Å². The number of rotatable bonds is 8. The molecule has 41 heavy (non-hydrogen) atoms. The van der Waals surface area contributed by atoms with Gasteiger partial charge in [0, 0.05) is 43.6 Å². The standard InChI is InChI=1S/C27H35F3N6O4S/c1-6-33(7-2)23(21-12-13-31-18-22(21)34-16-14-32(5)15-17-34)35-24(37)26(3,4)36(25(35)38)19-8-10-20(11-9-19)41(39,40)27(28,29)30/h8-13,18,23H,6-7,14-17H2,1-5H3. The fourth-order valence-corrected chi connectivity index (χ4v) is 6.14. The van der Waals surface area contributed by atoms with E-state index in [1.54, 1.807) is 26.2 Å². The summed E-state index contributed by atoms with van der Waals surface area (Å²) in [6.07, 6.45) is 2.58. The van der Waals surface area contributed by atoms with E-state index in [2.05, 4.69) is 14.8 Å². The molecule has 2 saturated heterocycles. The maximum atomic E-state index is 14.1. The first-order valence-corrected chi connectivity index (χ1v) is 14.9. The summed E-state index contributed by atoms with van der Waals surface area (Å²) in [5.74, 6) is -0.493. The normalized spacial score (nSPS) is 19.4. The van der Waals surface area contributed by atoms with Gasteiger partial charge in [0.25, 0.3) is 15.7 Å². The number of benzene rings is 1. The first-order chi connectivity index (χ1) is 19.2. The van der Waals surface area contributed by atoms with E-state index in [0.29, 0.717) is 13.1 Å². The van der Waals surface area contributed by atoms with Crippen LogP contribution in [0.1, 0.15) is 39.4 Å². The molecule has 1 unspecified atom stereocenters. The molecule has 2 fully saturated rings. The number of urea groups is 1. The average Bonchev–Trinajstić information content (AvgIpc) is 3.10. The fourth-order valence-electron chi connectivity index (χ4n) is 5.38. The first-order valence-electron chi connectivity index (χ1n) is 13.4. The number of halogens is 3. The van der Waals surface area contributed by atoms with E-state index in [9.17, 15) is 31.2 Å². The molecular weight excluding hydrogens is 561 g/mol. The molecule has 0 N–H and O–H groups in total. The number of carbonyl (C=O) groups is 2. The second-order valence-electron chi connectivity index (χ2n) is 10.6. The van der Waals surface area contributed by atoms with E-state index < -0.39 is 43.9 Å². The van der Waals surface area contributed by atoms with Gasteiger partial charge in [0.1, 0.15) is 11.7 Å². The second-order valence-corrected chi connectivity index (χ2v) is 12.6. The van der Waals surface area contributed by atoms with Crippen LogP contribution >= 0.6 is 0 Å². The lowest BCUT2D eigenvalue weighted by Gasteiger charge is -2.40. The van der Waals surface area contributed by atoms with Crippen molar-refractivity contribution in [2.45, 2.75) is 49.8 Å². The summed E-state index contributed by atoms with van der Waals surface area (Å²) < 4.78 is 62.9. The van der Waals surface area contributed by atoms with Crippen LogP contribution in [-0.4, -0.2) is 97.4 Å². The molecule has 1 aromatic heterocycles. The number of aromatic nitrogens is 1. The van der Waals surface area contributed by atoms with Gasteiger partial charge < -0.3 is 9.80 Å². The van der Waals surface area contributed by atoms with Crippen molar-refractivity contribution in [3.8, 4) is 0 Å². The van der Waals surface area contributed by atoms with Crippen LogP contribution in [0.25, 0.3) is 0 Å². The van der Waals surface area contributed by atoms with Crippen molar-refractivity contribution in [3.63, 3.8) is 0 Å². The van der Waals surface area contributed by atoms with E-state index >= 15 is 0 Å². The number of anilines is 2. The Hall–Kier alpha value is -3.23. The minimum absolute atomic E-state index is 0.101. The summed E-state index contributed by atoms with van der Waals surface area (Å²) >= 11 is 0. The van der Waals surface area contributed by atoms with Gasteiger partial charge in [0.05, 0.1) is 16.8 Å². The van der Waals surface area contributed by atoms with E-state index in [-0.39, 0.29) is 5.69 Å². The van der Waals surface area contributed by atoms with Crippen molar-refractivity contribution in [3.05, 3.63) is 48.3 Å². The van der Waals surface area contributed by atoms with Gasteiger partial charge in [0.2, 0.25) is 0 Å². The van der Waals surface area contributed by atoms with Crippen molar-refractivity contribution < 1.29 is 31.2 Å². The van der Waals surface area contributed by atoms with Gasteiger partial charge in [-0.25, -0.2) is 18.1 Å². The van der Waals surface area contributed by atoms with Crippen LogP contribution in [0, 0.1) is 0 Å². The molecule has 0 spiro atoms. The number of nitrogens with zero attached hydrogens (tertiary/aromatic N) is 6. The molecule has 1 aromatic carbocycles. The van der Waals surface area contributed by atoms with E-state index in [1.807, 2.05) is 31.9 Å². The molecule has 1 atom stereocenters. The Labute approximate surface area is 238 Å². The number of pyridine rings is 1. The summed E-state index contributed by atoms with van der Waals surface area (Å²) in [6, 6.07) is 4.97. The zero-order valence-electron chi connectivity index (χ0n) is 23.7. The third-order valence-corrected chi connectivity index (χ3v) is 9.27. The number of hydrogen-bond donors (Lipinski definition) is 0. The molecule has 14 heteroatoms. The summed E-state index contributed by atoms with van der Waals surface area (Å²) in [4.78, 5) is 40.3.